The van der Waals surface area contributed by atoms with Crippen LogP contribution in [0.1, 0.15) is 34.5 Å². The van der Waals surface area contributed by atoms with E-state index >= 15 is 0 Å². The second kappa shape index (κ2) is 7.24. The summed E-state index contributed by atoms with van der Waals surface area (Å²) in [6.45, 7) is 2.02. The molecule has 0 fully saturated rings. The van der Waals surface area contributed by atoms with Crippen LogP contribution in [0.4, 0.5) is 11.4 Å². The third-order valence-electron chi connectivity index (χ3n) is 6.74. The lowest BCUT2D eigenvalue weighted by molar-refractivity contribution is -0.385. The highest BCUT2D eigenvalue weighted by Gasteiger charge is 2.40. The van der Waals surface area contributed by atoms with Crippen LogP contribution in [0.25, 0.3) is 22.0 Å². The number of aryl methyl sites for hydroxylation is 1. The van der Waals surface area contributed by atoms with Gasteiger partial charge in [-0.25, -0.2) is 0 Å². The molecule has 1 aromatic heterocycles. The number of H-pyrrole nitrogens is 1. The molecule has 6 rings (SSSR count). The van der Waals surface area contributed by atoms with Crippen LogP contribution in [-0.4, -0.2) is 20.7 Å². The number of aromatic amines is 1. The Morgan fingerprint density at radius 2 is 1.56 bits per heavy atom. The number of nitrogens with zero attached hydrogens (tertiary/aromatic N) is 3. The molecule has 0 spiro atoms. The Balaban J connectivity index is 1.48. The van der Waals surface area contributed by atoms with Gasteiger partial charge < -0.3 is 10.3 Å². The molecule has 0 bridgehead atoms. The van der Waals surface area contributed by atoms with Crippen LogP contribution in [0.15, 0.2) is 65.7 Å². The van der Waals surface area contributed by atoms with E-state index in [2.05, 4.69) is 16.4 Å². The first kappa shape index (κ1) is 20.1. The van der Waals surface area contributed by atoms with Crippen molar-refractivity contribution in [2.45, 2.75) is 25.4 Å². The van der Waals surface area contributed by atoms with E-state index in [-0.39, 0.29) is 17.4 Å². The molecule has 9 nitrogen and oxygen atoms in total. The maximum Gasteiger partial charge on any atom is 0.269 e. The molecule has 2 heterocycles. The Hall–Kier alpha value is -4.53. The summed E-state index contributed by atoms with van der Waals surface area (Å²) in [5.41, 5.74) is 6.38. The van der Waals surface area contributed by atoms with Gasteiger partial charge >= 0.3 is 0 Å². The summed E-state index contributed by atoms with van der Waals surface area (Å²) in [6.07, 6.45) is 0.553. The topological polar surface area (TPSA) is 126 Å². The van der Waals surface area contributed by atoms with Crippen LogP contribution < -0.4 is 5.32 Å². The minimum absolute atomic E-state index is 0.000940. The van der Waals surface area contributed by atoms with E-state index < -0.39 is 15.9 Å². The highest BCUT2D eigenvalue weighted by Crippen LogP contribution is 2.50. The average Bonchev–Trinajstić information content (AvgIpc) is 3.40. The number of hydrogen-bond donors (Lipinski definition) is 2. The lowest BCUT2D eigenvalue weighted by Crippen LogP contribution is -2.28. The van der Waals surface area contributed by atoms with Crippen LogP contribution in [0.3, 0.4) is 0 Å². The van der Waals surface area contributed by atoms with Gasteiger partial charge in [-0.3, -0.25) is 25.2 Å². The number of benzene rings is 3. The molecule has 9 heteroatoms. The molecule has 2 aliphatic rings. The second-order valence-corrected chi connectivity index (χ2v) is 8.65. The van der Waals surface area contributed by atoms with Crippen molar-refractivity contribution in [1.29, 1.82) is 0 Å². The van der Waals surface area contributed by atoms with Gasteiger partial charge in [-0.2, -0.15) is 0 Å². The lowest BCUT2D eigenvalue weighted by Gasteiger charge is -2.29. The third-order valence-corrected chi connectivity index (χ3v) is 6.74. The maximum atomic E-state index is 11.5. The smallest absolute Gasteiger partial charge is 0.269 e. The molecule has 3 aromatic carbocycles. The first-order chi connectivity index (χ1) is 16.4. The van der Waals surface area contributed by atoms with Gasteiger partial charge in [-0.05, 0) is 52.9 Å². The number of hydrogen-bond acceptors (Lipinski definition) is 6. The van der Waals surface area contributed by atoms with Crippen LogP contribution in [0, 0.1) is 27.2 Å². The molecule has 0 saturated carbocycles. The number of fused-ring (bicyclic) bond motifs is 7. The average molecular weight is 453 g/mol. The zero-order valence-corrected chi connectivity index (χ0v) is 18.1. The number of non-ortho nitro benzene ring substituents is 2. The van der Waals surface area contributed by atoms with E-state index in [9.17, 15) is 20.2 Å². The second-order valence-electron chi connectivity index (χ2n) is 8.65. The first-order valence-corrected chi connectivity index (χ1v) is 10.9. The van der Waals surface area contributed by atoms with Crippen LogP contribution in [0.2, 0.25) is 0 Å². The van der Waals surface area contributed by atoms with Gasteiger partial charge in [0.15, 0.2) is 0 Å². The summed E-state index contributed by atoms with van der Waals surface area (Å²) < 4.78 is 0. The highest BCUT2D eigenvalue weighted by atomic mass is 16.6. The zero-order valence-electron chi connectivity index (χ0n) is 18.1. The predicted octanol–water partition coefficient (Wildman–Crippen LogP) is 5.30. The van der Waals surface area contributed by atoms with Gasteiger partial charge in [0.2, 0.25) is 0 Å². The van der Waals surface area contributed by atoms with Gasteiger partial charge in [0.25, 0.3) is 11.4 Å². The quantitative estimate of drug-likeness (QED) is 0.320. The number of nitrogens with one attached hydrogen (secondary N) is 2. The SMILES string of the molecule is Cc1[nH]c2ccccc2c1CC1=NC2c3cc([N+](=O)[O-])ccc3-c3ccc([N+](=O)[O-])cc3C2N1. The summed E-state index contributed by atoms with van der Waals surface area (Å²) in [5, 5.41) is 27.5. The van der Waals surface area contributed by atoms with E-state index in [0.29, 0.717) is 6.42 Å². The van der Waals surface area contributed by atoms with Crippen LogP contribution in [-0.2, 0) is 6.42 Å². The fourth-order valence-electron chi connectivity index (χ4n) is 5.18. The number of rotatable bonds is 4. The Morgan fingerprint density at radius 1 is 0.912 bits per heavy atom. The Bertz CT molecular complexity index is 1550. The van der Waals surface area contributed by atoms with Crippen molar-refractivity contribution in [2.75, 3.05) is 0 Å². The molecule has 0 amide bonds. The molecule has 4 aromatic rings. The van der Waals surface area contributed by atoms with Crippen molar-refractivity contribution >= 4 is 28.1 Å². The first-order valence-electron chi connectivity index (χ1n) is 10.9. The molecule has 0 saturated heterocycles. The summed E-state index contributed by atoms with van der Waals surface area (Å²) in [5.74, 6) is 0.750. The lowest BCUT2D eigenvalue weighted by atomic mass is 9.79. The number of aliphatic imine (C=N–C) groups is 1. The normalized spacial score (nSPS) is 18.0. The van der Waals surface area contributed by atoms with Gasteiger partial charge in [0.05, 0.1) is 15.9 Å². The molecule has 0 radical (unpaired) electrons. The molecule has 2 N–H and O–H groups in total. The number of aromatic nitrogens is 1. The van der Waals surface area contributed by atoms with Crippen molar-refractivity contribution < 1.29 is 9.85 Å². The molecule has 2 atom stereocenters. The Kier molecular flexibility index (Phi) is 4.28. The number of amidine groups is 1. The standard InChI is InChI=1S/C25H19N5O4/c1-13-19(18-4-2-3-5-22(18)26-13)12-23-27-24-20-10-14(29(31)32)6-8-16(20)17-9-7-15(30(33)34)11-21(17)25(24)28-23/h2-11,24-26H,12H2,1H3,(H,27,28). The number of nitro benzene ring substituents is 2. The Labute approximate surface area is 193 Å². The molecule has 34 heavy (non-hydrogen) atoms. The summed E-state index contributed by atoms with van der Waals surface area (Å²) in [7, 11) is 0. The zero-order chi connectivity index (χ0) is 23.6. The van der Waals surface area contributed by atoms with E-state index in [4.69, 9.17) is 4.99 Å². The maximum absolute atomic E-state index is 11.5. The van der Waals surface area contributed by atoms with E-state index in [0.717, 1.165) is 50.2 Å². The van der Waals surface area contributed by atoms with Gasteiger partial charge in [-0.15, -0.1) is 0 Å². The molecular formula is C25H19N5O4. The minimum atomic E-state index is -0.414. The highest BCUT2D eigenvalue weighted by molar-refractivity contribution is 5.94. The molecule has 168 valence electrons. The van der Waals surface area contributed by atoms with Crippen molar-refractivity contribution in [3.8, 4) is 11.1 Å². The third kappa shape index (κ3) is 2.97. The largest absolute Gasteiger partial charge is 0.364 e. The number of para-hydroxylation sites is 1. The van der Waals surface area contributed by atoms with Gasteiger partial charge in [-0.1, -0.05) is 18.2 Å². The summed E-state index contributed by atoms with van der Waals surface area (Å²) >= 11 is 0. The predicted molar refractivity (Wildman–Crippen MR) is 128 cm³/mol. The monoisotopic (exact) mass is 453 g/mol. The minimum Gasteiger partial charge on any atom is -0.364 e. The fourth-order valence-corrected chi connectivity index (χ4v) is 5.18. The van der Waals surface area contributed by atoms with E-state index in [1.165, 1.54) is 12.1 Å². The van der Waals surface area contributed by atoms with Crippen molar-refractivity contribution in [3.05, 3.63) is 103 Å². The Morgan fingerprint density at radius 3 is 2.26 bits per heavy atom. The van der Waals surface area contributed by atoms with Crippen molar-refractivity contribution in [1.82, 2.24) is 10.3 Å². The van der Waals surface area contributed by atoms with Crippen molar-refractivity contribution in [2.24, 2.45) is 4.99 Å². The van der Waals surface area contributed by atoms with Crippen molar-refractivity contribution in [3.63, 3.8) is 0 Å². The molecular weight excluding hydrogens is 434 g/mol. The van der Waals surface area contributed by atoms with E-state index in [1.54, 1.807) is 24.3 Å². The molecule has 1 aliphatic heterocycles. The summed E-state index contributed by atoms with van der Waals surface area (Å²) in [6, 6.07) is 16.8. The summed E-state index contributed by atoms with van der Waals surface area (Å²) in [4.78, 5) is 30.4. The van der Waals surface area contributed by atoms with Crippen LogP contribution >= 0.6 is 0 Å². The molecule has 1 aliphatic carbocycles. The van der Waals surface area contributed by atoms with E-state index in [1.807, 2.05) is 25.1 Å². The molecule has 2 unspecified atom stereocenters. The van der Waals surface area contributed by atoms with Crippen LogP contribution in [0.5, 0.6) is 0 Å². The number of nitro groups is 2. The van der Waals surface area contributed by atoms with Gasteiger partial charge in [0.1, 0.15) is 11.9 Å². The fraction of sp³-hybridized carbons (Fsp3) is 0.160. The van der Waals surface area contributed by atoms with Gasteiger partial charge in [0, 0.05) is 47.3 Å².